The van der Waals surface area contributed by atoms with E-state index in [0.717, 1.165) is 34.6 Å². The standard InChI is InChI=1S/C19H22N2O3/c1-4-9-20-19(22)17-11-18-16(10-13(2)24-18)21(17)12-14-5-7-15(23-3)8-6-14/h5-8,10-11H,4,9,12H2,1-3H3,(H,20,22). The lowest BCUT2D eigenvalue weighted by Gasteiger charge is -2.11. The molecular formula is C19H22N2O3. The van der Waals surface area contributed by atoms with Crippen LogP contribution < -0.4 is 10.1 Å². The van der Waals surface area contributed by atoms with Crippen LogP contribution in [0.15, 0.2) is 40.8 Å². The monoisotopic (exact) mass is 326 g/mol. The molecule has 1 amide bonds. The molecule has 0 aliphatic rings. The van der Waals surface area contributed by atoms with E-state index in [-0.39, 0.29) is 5.91 Å². The van der Waals surface area contributed by atoms with E-state index in [1.54, 1.807) is 7.11 Å². The summed E-state index contributed by atoms with van der Waals surface area (Å²) in [6.07, 6.45) is 0.903. The number of nitrogens with zero attached hydrogens (tertiary/aromatic N) is 1. The van der Waals surface area contributed by atoms with Crippen LogP contribution in [0, 0.1) is 6.92 Å². The lowest BCUT2D eigenvalue weighted by molar-refractivity contribution is 0.0945. The van der Waals surface area contributed by atoms with Crippen molar-refractivity contribution in [2.24, 2.45) is 0 Å². The summed E-state index contributed by atoms with van der Waals surface area (Å²) in [5.74, 6) is 1.58. The number of aromatic nitrogens is 1. The van der Waals surface area contributed by atoms with E-state index in [1.165, 1.54) is 0 Å². The summed E-state index contributed by atoms with van der Waals surface area (Å²) in [5, 5.41) is 2.94. The molecule has 0 saturated carbocycles. The van der Waals surface area contributed by atoms with E-state index in [1.807, 2.05) is 54.8 Å². The Morgan fingerprint density at radius 2 is 2.00 bits per heavy atom. The summed E-state index contributed by atoms with van der Waals surface area (Å²) < 4.78 is 12.9. The molecule has 126 valence electrons. The fraction of sp³-hybridized carbons (Fsp3) is 0.316. The predicted molar refractivity (Wildman–Crippen MR) is 93.7 cm³/mol. The molecule has 0 aliphatic heterocycles. The summed E-state index contributed by atoms with van der Waals surface area (Å²) in [6.45, 7) is 5.20. The Hall–Kier alpha value is -2.69. The number of ether oxygens (including phenoxy) is 1. The number of hydrogen-bond donors (Lipinski definition) is 1. The largest absolute Gasteiger partial charge is 0.497 e. The molecule has 0 spiro atoms. The van der Waals surface area contributed by atoms with Crippen LogP contribution >= 0.6 is 0 Å². The molecule has 0 atom stereocenters. The number of fused-ring (bicyclic) bond motifs is 1. The van der Waals surface area contributed by atoms with Crippen molar-refractivity contribution in [2.45, 2.75) is 26.8 Å². The van der Waals surface area contributed by atoms with E-state index in [2.05, 4.69) is 5.32 Å². The lowest BCUT2D eigenvalue weighted by atomic mass is 10.2. The number of methoxy groups -OCH3 is 1. The Kier molecular flexibility index (Phi) is 4.60. The van der Waals surface area contributed by atoms with E-state index < -0.39 is 0 Å². The van der Waals surface area contributed by atoms with E-state index in [0.29, 0.717) is 18.8 Å². The van der Waals surface area contributed by atoms with Gasteiger partial charge in [-0.25, -0.2) is 0 Å². The summed E-state index contributed by atoms with van der Waals surface area (Å²) >= 11 is 0. The number of hydrogen-bond acceptors (Lipinski definition) is 3. The lowest BCUT2D eigenvalue weighted by Crippen LogP contribution is -2.26. The van der Waals surface area contributed by atoms with Crippen LogP contribution in [-0.4, -0.2) is 24.1 Å². The van der Waals surface area contributed by atoms with Gasteiger partial charge in [0, 0.05) is 25.2 Å². The molecule has 2 aromatic heterocycles. The van der Waals surface area contributed by atoms with Gasteiger partial charge in [0.25, 0.3) is 5.91 Å². The van der Waals surface area contributed by atoms with E-state index >= 15 is 0 Å². The maximum atomic E-state index is 12.5. The predicted octanol–water partition coefficient (Wildman–Crippen LogP) is 3.74. The van der Waals surface area contributed by atoms with Gasteiger partial charge in [-0.05, 0) is 31.0 Å². The molecule has 1 aromatic carbocycles. The SMILES string of the molecule is CCCNC(=O)c1cc2oc(C)cc2n1Cc1ccc(OC)cc1. The number of carbonyl (C=O) groups excluding carboxylic acids is 1. The molecule has 0 saturated heterocycles. The number of amides is 1. The second-order valence-corrected chi connectivity index (χ2v) is 5.83. The molecular weight excluding hydrogens is 304 g/mol. The normalized spacial score (nSPS) is 11.0. The van der Waals surface area contributed by atoms with Crippen molar-refractivity contribution in [3.05, 3.63) is 53.4 Å². The maximum Gasteiger partial charge on any atom is 0.268 e. The van der Waals surface area contributed by atoms with Crippen LogP contribution in [0.25, 0.3) is 11.1 Å². The minimum atomic E-state index is -0.0746. The smallest absolute Gasteiger partial charge is 0.268 e. The third-order valence-corrected chi connectivity index (χ3v) is 3.98. The van der Waals surface area contributed by atoms with Crippen LogP contribution in [0.3, 0.4) is 0 Å². The molecule has 0 bridgehead atoms. The van der Waals surface area contributed by atoms with Gasteiger partial charge < -0.3 is 19.0 Å². The third-order valence-electron chi connectivity index (χ3n) is 3.98. The highest BCUT2D eigenvalue weighted by molar-refractivity contribution is 5.97. The Bertz CT molecular complexity index is 843. The number of aryl methyl sites for hydroxylation is 1. The van der Waals surface area contributed by atoms with Gasteiger partial charge in [-0.1, -0.05) is 19.1 Å². The molecule has 5 heteroatoms. The van der Waals surface area contributed by atoms with Gasteiger partial charge >= 0.3 is 0 Å². The van der Waals surface area contributed by atoms with Crippen molar-refractivity contribution in [3.63, 3.8) is 0 Å². The molecule has 0 aliphatic carbocycles. The molecule has 0 fully saturated rings. The summed E-state index contributed by atoms with van der Waals surface area (Å²) in [5.41, 5.74) is 3.39. The number of benzene rings is 1. The van der Waals surface area contributed by atoms with Gasteiger partial charge in [-0.2, -0.15) is 0 Å². The highest BCUT2D eigenvalue weighted by Gasteiger charge is 2.18. The second-order valence-electron chi connectivity index (χ2n) is 5.83. The van der Waals surface area contributed by atoms with Crippen molar-refractivity contribution in [3.8, 4) is 5.75 Å². The minimum absolute atomic E-state index is 0.0746. The third kappa shape index (κ3) is 3.15. The molecule has 1 N–H and O–H groups in total. The maximum absolute atomic E-state index is 12.5. The van der Waals surface area contributed by atoms with Gasteiger partial charge in [0.05, 0.1) is 12.6 Å². The van der Waals surface area contributed by atoms with Crippen LogP contribution in [0.2, 0.25) is 0 Å². The van der Waals surface area contributed by atoms with Crippen molar-refractivity contribution in [1.82, 2.24) is 9.88 Å². The number of rotatable bonds is 6. The van der Waals surface area contributed by atoms with Crippen LogP contribution in [0.5, 0.6) is 5.75 Å². The van der Waals surface area contributed by atoms with Crippen molar-refractivity contribution in [1.29, 1.82) is 0 Å². The van der Waals surface area contributed by atoms with E-state index in [9.17, 15) is 4.79 Å². The highest BCUT2D eigenvalue weighted by atomic mass is 16.5. The molecule has 0 radical (unpaired) electrons. The summed E-state index contributed by atoms with van der Waals surface area (Å²) in [4.78, 5) is 12.5. The molecule has 3 aromatic rings. The fourth-order valence-corrected chi connectivity index (χ4v) is 2.77. The van der Waals surface area contributed by atoms with Gasteiger partial charge in [0.1, 0.15) is 17.2 Å². The number of nitrogens with one attached hydrogen (secondary N) is 1. The van der Waals surface area contributed by atoms with Crippen molar-refractivity contribution >= 4 is 17.0 Å². The molecule has 3 rings (SSSR count). The first-order valence-corrected chi connectivity index (χ1v) is 8.13. The number of furan rings is 1. The average molecular weight is 326 g/mol. The van der Waals surface area contributed by atoms with Gasteiger partial charge in [0.15, 0.2) is 5.58 Å². The number of carbonyl (C=O) groups is 1. The summed E-state index contributed by atoms with van der Waals surface area (Å²) in [6, 6.07) is 11.6. The van der Waals surface area contributed by atoms with E-state index in [4.69, 9.17) is 9.15 Å². The second kappa shape index (κ2) is 6.83. The Morgan fingerprint density at radius 1 is 1.25 bits per heavy atom. The summed E-state index contributed by atoms with van der Waals surface area (Å²) in [7, 11) is 1.65. The molecule has 24 heavy (non-hydrogen) atoms. The quantitative estimate of drug-likeness (QED) is 0.751. The van der Waals surface area contributed by atoms with Gasteiger partial charge in [-0.3, -0.25) is 4.79 Å². The molecule has 2 heterocycles. The van der Waals surface area contributed by atoms with Crippen LogP contribution in [-0.2, 0) is 6.54 Å². The first kappa shape index (κ1) is 16.2. The average Bonchev–Trinajstić information content (AvgIpc) is 3.10. The first-order valence-electron chi connectivity index (χ1n) is 8.13. The van der Waals surface area contributed by atoms with Crippen molar-refractivity contribution < 1.29 is 13.9 Å². The highest BCUT2D eigenvalue weighted by Crippen LogP contribution is 2.25. The Labute approximate surface area is 141 Å². The van der Waals surface area contributed by atoms with Gasteiger partial charge in [-0.15, -0.1) is 0 Å². The zero-order valence-corrected chi connectivity index (χ0v) is 14.3. The molecule has 5 nitrogen and oxygen atoms in total. The zero-order chi connectivity index (χ0) is 17.1. The zero-order valence-electron chi connectivity index (χ0n) is 14.3. The topological polar surface area (TPSA) is 56.4 Å². The van der Waals surface area contributed by atoms with Crippen molar-refractivity contribution in [2.75, 3.05) is 13.7 Å². The minimum Gasteiger partial charge on any atom is -0.497 e. The first-order chi connectivity index (χ1) is 11.6. The van der Waals surface area contributed by atoms with Crippen LogP contribution in [0.1, 0.15) is 35.2 Å². The van der Waals surface area contributed by atoms with Gasteiger partial charge in [0.2, 0.25) is 0 Å². The molecule has 0 unspecified atom stereocenters. The van der Waals surface area contributed by atoms with Crippen LogP contribution in [0.4, 0.5) is 0 Å². The Balaban J connectivity index is 1.97. The Morgan fingerprint density at radius 3 is 2.67 bits per heavy atom. The fourth-order valence-electron chi connectivity index (χ4n) is 2.77.